The molecule has 0 aromatic heterocycles. The lowest BCUT2D eigenvalue weighted by atomic mass is 10.0. The zero-order valence-corrected chi connectivity index (χ0v) is 12.9. The van der Waals surface area contributed by atoms with E-state index in [4.69, 9.17) is 4.74 Å². The fourth-order valence-electron chi connectivity index (χ4n) is 2.12. The molecule has 0 saturated carbocycles. The molecule has 3 nitrogen and oxygen atoms in total. The van der Waals surface area contributed by atoms with Crippen LogP contribution >= 0.6 is 0 Å². The van der Waals surface area contributed by atoms with Crippen molar-refractivity contribution < 1.29 is 8.95 Å². The van der Waals surface area contributed by atoms with Gasteiger partial charge in [-0.25, -0.2) is 0 Å². The Hall–Kier alpha value is -0.710. The summed E-state index contributed by atoms with van der Waals surface area (Å²) in [5.74, 6) is 0.698. The highest BCUT2D eigenvalue weighted by molar-refractivity contribution is 7.85. The Morgan fingerprint density at radius 1 is 1.32 bits per heavy atom. The second-order valence-corrected chi connectivity index (χ2v) is 6.50. The van der Waals surface area contributed by atoms with Crippen molar-refractivity contribution in [1.29, 1.82) is 0 Å². The standard InChI is InChI=1S/C15H25NO2S/c1-4-16-15(14-9-6-5-7-10-14)13(2)19(17)12-8-11-18-3/h5-7,9-10,13,15-16H,4,8,11-12H2,1-3H3. The average Bonchev–Trinajstić information content (AvgIpc) is 2.45. The normalized spacial score (nSPS) is 15.9. The van der Waals surface area contributed by atoms with Crippen molar-refractivity contribution in [2.75, 3.05) is 26.0 Å². The summed E-state index contributed by atoms with van der Waals surface area (Å²) in [6.45, 7) is 5.69. The largest absolute Gasteiger partial charge is 0.385 e. The molecule has 0 bridgehead atoms. The fraction of sp³-hybridized carbons (Fsp3) is 0.600. The van der Waals surface area contributed by atoms with Crippen molar-refractivity contribution in [3.8, 4) is 0 Å². The lowest BCUT2D eigenvalue weighted by Gasteiger charge is -2.24. The van der Waals surface area contributed by atoms with E-state index >= 15 is 0 Å². The van der Waals surface area contributed by atoms with Crippen LogP contribution in [0.4, 0.5) is 0 Å². The molecule has 1 N–H and O–H groups in total. The van der Waals surface area contributed by atoms with Crippen molar-refractivity contribution in [2.45, 2.75) is 31.6 Å². The molecule has 1 aromatic carbocycles. The van der Waals surface area contributed by atoms with Crippen LogP contribution in [-0.2, 0) is 15.5 Å². The molecule has 0 heterocycles. The highest BCUT2D eigenvalue weighted by atomic mass is 32.2. The summed E-state index contributed by atoms with van der Waals surface area (Å²) in [5, 5.41) is 3.54. The van der Waals surface area contributed by atoms with E-state index in [1.54, 1.807) is 7.11 Å². The van der Waals surface area contributed by atoms with Gasteiger partial charge in [0.15, 0.2) is 0 Å². The number of benzene rings is 1. The predicted molar refractivity (Wildman–Crippen MR) is 81.8 cm³/mol. The summed E-state index contributed by atoms with van der Waals surface area (Å²) >= 11 is 0. The lowest BCUT2D eigenvalue weighted by Crippen LogP contribution is -2.33. The van der Waals surface area contributed by atoms with Gasteiger partial charge in [0.05, 0.1) is 5.25 Å². The van der Waals surface area contributed by atoms with E-state index in [1.807, 2.05) is 18.2 Å². The molecular weight excluding hydrogens is 258 g/mol. The maximum absolute atomic E-state index is 12.3. The van der Waals surface area contributed by atoms with Gasteiger partial charge in [-0.15, -0.1) is 0 Å². The molecule has 0 spiro atoms. The van der Waals surface area contributed by atoms with E-state index in [0.717, 1.165) is 13.0 Å². The van der Waals surface area contributed by atoms with Crippen molar-refractivity contribution >= 4 is 10.8 Å². The van der Waals surface area contributed by atoms with Crippen LogP contribution in [0.3, 0.4) is 0 Å². The minimum atomic E-state index is -0.841. The van der Waals surface area contributed by atoms with E-state index in [0.29, 0.717) is 12.4 Å². The zero-order valence-electron chi connectivity index (χ0n) is 12.1. The number of nitrogens with one attached hydrogen (secondary N) is 1. The quantitative estimate of drug-likeness (QED) is 0.708. The topological polar surface area (TPSA) is 38.3 Å². The van der Waals surface area contributed by atoms with Gasteiger partial charge in [0, 0.05) is 36.3 Å². The monoisotopic (exact) mass is 283 g/mol. The van der Waals surface area contributed by atoms with Gasteiger partial charge in [-0.1, -0.05) is 37.3 Å². The summed E-state index contributed by atoms with van der Waals surface area (Å²) in [4.78, 5) is 0. The molecule has 3 unspecified atom stereocenters. The van der Waals surface area contributed by atoms with Crippen molar-refractivity contribution in [1.82, 2.24) is 5.32 Å². The second-order valence-electron chi connectivity index (χ2n) is 4.58. The van der Waals surface area contributed by atoms with E-state index in [1.165, 1.54) is 5.56 Å². The Balaban J connectivity index is 2.67. The highest BCUT2D eigenvalue weighted by Crippen LogP contribution is 2.20. The molecule has 1 rings (SSSR count). The van der Waals surface area contributed by atoms with Crippen LogP contribution < -0.4 is 5.32 Å². The predicted octanol–water partition coefficient (Wildman–Crippen LogP) is 2.51. The summed E-state index contributed by atoms with van der Waals surface area (Å²) in [6.07, 6.45) is 0.848. The zero-order chi connectivity index (χ0) is 14.1. The van der Waals surface area contributed by atoms with Gasteiger partial charge in [0.2, 0.25) is 0 Å². The SMILES string of the molecule is CCNC(c1ccccc1)C(C)S(=O)CCCOC. The number of rotatable bonds is 9. The number of hydrogen-bond acceptors (Lipinski definition) is 3. The molecule has 108 valence electrons. The molecule has 0 aliphatic carbocycles. The van der Waals surface area contributed by atoms with Gasteiger partial charge < -0.3 is 10.1 Å². The molecule has 0 fully saturated rings. The van der Waals surface area contributed by atoms with Crippen molar-refractivity contribution in [3.05, 3.63) is 35.9 Å². The summed E-state index contributed by atoms with van der Waals surface area (Å²) in [7, 11) is 0.838. The molecule has 0 aliphatic rings. The molecule has 0 aliphatic heterocycles. The van der Waals surface area contributed by atoms with E-state index in [-0.39, 0.29) is 11.3 Å². The minimum absolute atomic E-state index is 0.0965. The first-order valence-corrected chi connectivity index (χ1v) is 8.23. The van der Waals surface area contributed by atoms with Crippen LogP contribution in [0.1, 0.15) is 31.9 Å². The van der Waals surface area contributed by atoms with Crippen molar-refractivity contribution in [3.63, 3.8) is 0 Å². The molecule has 4 heteroatoms. The van der Waals surface area contributed by atoms with Gasteiger partial charge in [0.1, 0.15) is 0 Å². The lowest BCUT2D eigenvalue weighted by molar-refractivity contribution is 0.200. The summed E-state index contributed by atoms with van der Waals surface area (Å²) in [5.41, 5.74) is 1.21. The number of ether oxygens (including phenoxy) is 1. The van der Waals surface area contributed by atoms with Gasteiger partial charge in [-0.3, -0.25) is 4.21 Å². The smallest absolute Gasteiger partial charge is 0.0514 e. The van der Waals surface area contributed by atoms with Gasteiger partial charge in [-0.05, 0) is 25.5 Å². The third-order valence-corrected chi connectivity index (χ3v) is 4.95. The third kappa shape index (κ3) is 5.43. The third-order valence-electron chi connectivity index (χ3n) is 3.16. The first kappa shape index (κ1) is 16.3. The molecular formula is C15H25NO2S. The Labute approximate surface area is 119 Å². The Bertz CT molecular complexity index is 370. The highest BCUT2D eigenvalue weighted by Gasteiger charge is 2.23. The Morgan fingerprint density at radius 3 is 2.58 bits per heavy atom. The van der Waals surface area contributed by atoms with Crippen LogP contribution in [0.2, 0.25) is 0 Å². The van der Waals surface area contributed by atoms with Crippen LogP contribution in [0.25, 0.3) is 0 Å². The molecule has 0 saturated heterocycles. The molecule has 1 aromatic rings. The van der Waals surface area contributed by atoms with Crippen LogP contribution in [0.5, 0.6) is 0 Å². The first-order valence-electron chi connectivity index (χ1n) is 6.85. The van der Waals surface area contributed by atoms with E-state index < -0.39 is 10.8 Å². The Kier molecular flexibility index (Phi) is 7.94. The molecule has 19 heavy (non-hydrogen) atoms. The average molecular weight is 283 g/mol. The first-order chi connectivity index (χ1) is 9.20. The van der Waals surface area contributed by atoms with Gasteiger partial charge >= 0.3 is 0 Å². The number of methoxy groups -OCH3 is 1. The van der Waals surface area contributed by atoms with Crippen LogP contribution in [0, 0.1) is 0 Å². The Morgan fingerprint density at radius 2 is 2.00 bits per heavy atom. The van der Waals surface area contributed by atoms with E-state index in [9.17, 15) is 4.21 Å². The minimum Gasteiger partial charge on any atom is -0.385 e. The van der Waals surface area contributed by atoms with Crippen LogP contribution in [-0.4, -0.2) is 35.5 Å². The van der Waals surface area contributed by atoms with Gasteiger partial charge in [-0.2, -0.15) is 0 Å². The molecule has 0 radical (unpaired) electrons. The molecule has 3 atom stereocenters. The second kappa shape index (κ2) is 9.23. The van der Waals surface area contributed by atoms with E-state index in [2.05, 4.69) is 31.3 Å². The maximum atomic E-state index is 12.3. The van der Waals surface area contributed by atoms with Crippen LogP contribution in [0.15, 0.2) is 30.3 Å². The molecule has 0 amide bonds. The van der Waals surface area contributed by atoms with Gasteiger partial charge in [0.25, 0.3) is 0 Å². The van der Waals surface area contributed by atoms with Crippen molar-refractivity contribution in [2.24, 2.45) is 0 Å². The summed E-state index contributed by atoms with van der Waals surface area (Å²) < 4.78 is 17.3. The maximum Gasteiger partial charge on any atom is 0.0514 e. The summed E-state index contributed by atoms with van der Waals surface area (Å²) in [6, 6.07) is 10.4. The number of hydrogen-bond donors (Lipinski definition) is 1. The fourth-order valence-corrected chi connectivity index (χ4v) is 3.45.